The summed E-state index contributed by atoms with van der Waals surface area (Å²) in [6.45, 7) is -0.226. The highest BCUT2D eigenvalue weighted by molar-refractivity contribution is 5.97. The lowest BCUT2D eigenvalue weighted by molar-refractivity contribution is -0.313. The molecule has 2 saturated heterocycles. The highest BCUT2D eigenvalue weighted by atomic mass is 16.4. The molecule has 464 valence electrons. The molecule has 83 heavy (non-hydrogen) atoms. The van der Waals surface area contributed by atoms with Gasteiger partial charge in [-0.05, 0) is 50.9 Å². The number of guanidine groups is 1. The number of hydrogen-bond donors (Lipinski definition) is 11. The van der Waals surface area contributed by atoms with Crippen molar-refractivity contribution in [1.82, 2.24) is 46.2 Å². The number of rotatable bonds is 34. The first kappa shape index (κ1) is 69.2. The van der Waals surface area contributed by atoms with Gasteiger partial charge >= 0.3 is 11.9 Å². The number of amides is 5. The van der Waals surface area contributed by atoms with Crippen molar-refractivity contribution in [2.75, 3.05) is 115 Å². The lowest BCUT2D eigenvalue weighted by Crippen LogP contribution is -2.59. The van der Waals surface area contributed by atoms with E-state index in [9.17, 15) is 98.1 Å². The van der Waals surface area contributed by atoms with Gasteiger partial charge in [-0.15, -0.1) is 0 Å². The summed E-state index contributed by atoms with van der Waals surface area (Å²) in [6, 6.07) is -8.98. The minimum absolute atomic E-state index is 0.0176. The number of nitrogens with zero attached hydrogens (tertiary/aromatic N) is 6. The normalized spacial score (nSPS) is 17.7. The molecule has 0 aromatic heterocycles. The van der Waals surface area contributed by atoms with Crippen LogP contribution in [0, 0.1) is 5.92 Å². The number of aliphatic hydroxyl groups is 1. The summed E-state index contributed by atoms with van der Waals surface area (Å²) in [5.41, 5.74) is 8.33. The van der Waals surface area contributed by atoms with Crippen LogP contribution in [0.4, 0.5) is 11.4 Å². The molecule has 0 spiro atoms. The van der Waals surface area contributed by atoms with Gasteiger partial charge in [0.15, 0.2) is 5.96 Å². The maximum Gasteiger partial charge on any atom is 0.326 e. The van der Waals surface area contributed by atoms with Gasteiger partial charge in [0.2, 0.25) is 29.5 Å². The summed E-state index contributed by atoms with van der Waals surface area (Å²) in [6.07, 6.45) is -0.755. The third-order valence-corrected chi connectivity index (χ3v) is 13.5. The van der Waals surface area contributed by atoms with E-state index < -0.39 is 152 Å². The lowest BCUT2D eigenvalue weighted by atomic mass is 10.0. The van der Waals surface area contributed by atoms with Crippen molar-refractivity contribution in [3.05, 3.63) is 20.4 Å². The van der Waals surface area contributed by atoms with E-state index in [1.165, 1.54) is 24.5 Å². The Hall–Kier alpha value is -8.08. The van der Waals surface area contributed by atoms with Crippen LogP contribution in [0.3, 0.4) is 0 Å². The van der Waals surface area contributed by atoms with E-state index in [0.717, 1.165) is 0 Å². The van der Waals surface area contributed by atoms with E-state index in [1.807, 2.05) is 0 Å². The van der Waals surface area contributed by atoms with Crippen LogP contribution in [0.2, 0.25) is 0 Å². The van der Waals surface area contributed by atoms with Crippen LogP contribution in [0.1, 0.15) is 65.2 Å². The Labute approximate surface area is 475 Å². The Kier molecular flexibility index (Phi) is 28.7. The molecule has 1 unspecified atom stereocenters. The number of carbonyl (C=O) groups excluding carboxylic acids is 9. The highest BCUT2D eigenvalue weighted by Gasteiger charge is 2.38. The van der Waals surface area contributed by atoms with E-state index in [-0.39, 0.29) is 134 Å². The zero-order chi connectivity index (χ0) is 62.1. The van der Waals surface area contributed by atoms with Gasteiger partial charge in [0.1, 0.15) is 41.6 Å². The molecule has 6 atom stereocenters. The quantitative estimate of drug-likeness (QED) is 0.0132. The number of carbonyl (C=O) groups is 11. The minimum Gasteiger partial charge on any atom is -0.549 e. The van der Waals surface area contributed by atoms with Gasteiger partial charge in [-0.25, -0.2) is 4.79 Å². The molecule has 34 nitrogen and oxygen atoms in total. The molecule has 0 bridgehead atoms. The summed E-state index contributed by atoms with van der Waals surface area (Å²) in [5.74, 6) is -14.6. The van der Waals surface area contributed by atoms with Gasteiger partial charge in [-0.3, -0.25) is 62.9 Å². The standard InChI is InChI=1S/C49H78N14O20/c1-27(2)20-29(43(76)58-31(26-64)45(78)56-28(47(80)81)6-3-10-53-49(50)51)57-44(77)30(21-35(66)67)55-34(65)22-54-46(79)32-8-5-11-63(32)40-39(41(74)42(40)75)52-9-4-7-33(48(82)83)62-18-16-60(24-37(70)71)14-12-59(23-36(68)69)13-15-61(17-19-62)25-38(72)73/h27-33,52,64H,3-26H2,1-2H3,(H,54,79)(H,55,65)(H,56,78)(H,57,77)(H,58,76)(H,66,67)(H,68,69)(H,70,71)(H,72,73)(H,80,81)(H,82,83)(H4,50,51,53)/p-4/t28-,29-,30-,31-,32-,33?/m0/s1. The van der Waals surface area contributed by atoms with E-state index in [2.05, 4.69) is 36.9 Å². The highest BCUT2D eigenvalue weighted by Crippen LogP contribution is 2.29. The fraction of sp³-hybridized carbons (Fsp3) is 0.673. The van der Waals surface area contributed by atoms with Gasteiger partial charge in [-0.2, -0.15) is 0 Å². The van der Waals surface area contributed by atoms with E-state index in [1.54, 1.807) is 13.8 Å². The predicted molar refractivity (Wildman–Crippen MR) is 281 cm³/mol. The first-order chi connectivity index (χ1) is 39.1. The molecule has 1 aromatic rings. The SMILES string of the molecule is CC(C)C[C@H](NC(=O)[C@H](CC(=O)O)NC(=O)CNC(=O)[C@@H]1CCCN1c1c(NCCCC(C(=O)[O-])N2CCN(CC(=O)[O-])CCN(CC(=O)[O-])CCN(CC(=O)[O-])CC2)c(=O)c1=O)C(=O)N[C@@H](CO)C(=O)N[C@@H](CCCN=C(N)N)C(=O)O. The van der Waals surface area contributed by atoms with Gasteiger partial charge in [0.05, 0.1) is 43.4 Å². The predicted octanol–water partition coefficient (Wildman–Crippen LogP) is -12.3. The Bertz CT molecular complexity index is 2520. The number of hydrogen-bond acceptors (Lipinski definition) is 25. The minimum atomic E-state index is -1.84. The van der Waals surface area contributed by atoms with Crippen molar-refractivity contribution < 1.29 is 88.5 Å². The second kappa shape index (κ2) is 34.4. The molecule has 0 radical (unpaired) electrons. The summed E-state index contributed by atoms with van der Waals surface area (Å²) < 4.78 is 0. The van der Waals surface area contributed by atoms with Gasteiger partial charge < -0.3 is 103 Å². The number of nitrogens with two attached hydrogens (primary N) is 2. The first-order valence-electron chi connectivity index (χ1n) is 26.8. The zero-order valence-electron chi connectivity index (χ0n) is 46.1. The van der Waals surface area contributed by atoms with Gasteiger partial charge in [-0.1, -0.05) is 13.8 Å². The van der Waals surface area contributed by atoms with Gasteiger partial charge in [0, 0.05) is 97.7 Å². The number of anilines is 2. The van der Waals surface area contributed by atoms with Crippen LogP contribution < -0.4 is 79.6 Å². The van der Waals surface area contributed by atoms with Crippen molar-refractivity contribution in [1.29, 1.82) is 0 Å². The number of carboxylic acids is 6. The second-order valence-corrected chi connectivity index (χ2v) is 20.3. The molecule has 34 heteroatoms. The molecule has 2 fully saturated rings. The molecule has 3 rings (SSSR count). The zero-order valence-corrected chi connectivity index (χ0v) is 46.1. The van der Waals surface area contributed by atoms with Gasteiger partial charge in [0.25, 0.3) is 10.9 Å². The summed E-state index contributed by atoms with van der Waals surface area (Å²) in [5, 5.41) is 90.6. The van der Waals surface area contributed by atoms with Crippen LogP contribution in [0.5, 0.6) is 0 Å². The summed E-state index contributed by atoms with van der Waals surface area (Å²) in [7, 11) is 0. The van der Waals surface area contributed by atoms with Crippen LogP contribution in [-0.2, 0) is 52.7 Å². The van der Waals surface area contributed by atoms with Crippen molar-refractivity contribution in [2.45, 2.75) is 101 Å². The van der Waals surface area contributed by atoms with Crippen molar-refractivity contribution in [3.8, 4) is 0 Å². The smallest absolute Gasteiger partial charge is 0.326 e. The average Bonchev–Trinajstić information content (AvgIpc) is 3.94. The Morgan fingerprint density at radius 2 is 1.18 bits per heavy atom. The summed E-state index contributed by atoms with van der Waals surface area (Å²) in [4.78, 5) is 175. The first-order valence-corrected chi connectivity index (χ1v) is 26.8. The Morgan fingerprint density at radius 3 is 1.67 bits per heavy atom. The van der Waals surface area contributed by atoms with E-state index in [0.29, 0.717) is 6.42 Å². The molecule has 2 heterocycles. The Morgan fingerprint density at radius 1 is 0.663 bits per heavy atom. The molecule has 1 aromatic carbocycles. The van der Waals surface area contributed by atoms with Crippen molar-refractivity contribution >= 4 is 82.7 Å². The van der Waals surface area contributed by atoms with Crippen LogP contribution in [0.15, 0.2) is 14.6 Å². The Balaban J connectivity index is 1.67. The largest absolute Gasteiger partial charge is 0.549 e. The van der Waals surface area contributed by atoms with Crippen LogP contribution in [-0.4, -0.2) is 247 Å². The maximum absolute atomic E-state index is 13.6. The molecule has 2 aliphatic heterocycles. The third kappa shape index (κ3) is 23.7. The third-order valence-electron chi connectivity index (χ3n) is 13.5. The molecule has 0 aliphatic carbocycles. The molecule has 13 N–H and O–H groups in total. The van der Waals surface area contributed by atoms with E-state index >= 15 is 0 Å². The fourth-order valence-corrected chi connectivity index (χ4v) is 9.36. The average molecular weight is 1180 g/mol. The second-order valence-electron chi connectivity index (χ2n) is 20.3. The number of nitrogens with one attached hydrogen (secondary N) is 6. The maximum atomic E-state index is 13.6. The van der Waals surface area contributed by atoms with Crippen molar-refractivity contribution in [3.63, 3.8) is 0 Å². The number of aliphatic carboxylic acids is 6. The number of carboxylic acid groups (broad SMARTS) is 6. The van der Waals surface area contributed by atoms with E-state index in [4.69, 9.17) is 11.5 Å². The van der Waals surface area contributed by atoms with Crippen molar-refractivity contribution in [2.24, 2.45) is 22.4 Å². The molecule has 0 saturated carbocycles. The number of aliphatic hydroxyl groups excluding tert-OH is 1. The topological polar surface area (TPSA) is 528 Å². The summed E-state index contributed by atoms with van der Waals surface area (Å²) >= 11 is 0. The molecule has 5 amide bonds. The monoisotopic (exact) mass is 1180 g/mol. The lowest BCUT2D eigenvalue weighted by Gasteiger charge is -2.38. The fourth-order valence-electron chi connectivity index (χ4n) is 9.36. The number of aliphatic imine (C=N–C) groups is 1. The van der Waals surface area contributed by atoms with Crippen LogP contribution >= 0.6 is 0 Å². The van der Waals surface area contributed by atoms with Crippen LogP contribution in [0.25, 0.3) is 0 Å². The molecule has 2 aliphatic rings. The molecular weight excluding hydrogens is 1100 g/mol. The molecular formula is C49H74N14O20-4.